The van der Waals surface area contributed by atoms with Crippen molar-refractivity contribution in [2.24, 2.45) is 5.73 Å². The molecule has 6 heteroatoms. The standard InChI is InChI=1S/C10H13N5S/c11-4-3-9-14-15-10(16-9)13-7-8-2-1-5-12-6-8/h1-2,5-6H,3-4,7,11H2,(H,13,15). The second-order valence-electron chi connectivity index (χ2n) is 3.25. The Bertz CT molecular complexity index is 428. The number of hydrogen-bond donors (Lipinski definition) is 2. The van der Waals surface area contributed by atoms with Crippen molar-refractivity contribution in [2.75, 3.05) is 11.9 Å². The van der Waals surface area contributed by atoms with Gasteiger partial charge in [-0.2, -0.15) is 0 Å². The zero-order chi connectivity index (χ0) is 11.2. The predicted molar refractivity (Wildman–Crippen MR) is 64.2 cm³/mol. The summed E-state index contributed by atoms with van der Waals surface area (Å²) in [6.07, 6.45) is 4.37. The molecule has 0 atom stereocenters. The number of anilines is 1. The third-order valence-electron chi connectivity index (χ3n) is 1.99. The molecule has 0 radical (unpaired) electrons. The van der Waals surface area contributed by atoms with Gasteiger partial charge in [0.15, 0.2) is 0 Å². The quantitative estimate of drug-likeness (QED) is 0.810. The Morgan fingerprint density at radius 1 is 1.38 bits per heavy atom. The van der Waals surface area contributed by atoms with Crippen molar-refractivity contribution in [1.82, 2.24) is 15.2 Å². The second-order valence-corrected chi connectivity index (χ2v) is 4.32. The van der Waals surface area contributed by atoms with E-state index in [0.29, 0.717) is 13.1 Å². The van der Waals surface area contributed by atoms with E-state index in [1.807, 2.05) is 18.3 Å². The Labute approximate surface area is 97.7 Å². The topological polar surface area (TPSA) is 76.7 Å². The van der Waals surface area contributed by atoms with E-state index in [9.17, 15) is 0 Å². The Morgan fingerprint density at radius 2 is 2.31 bits per heavy atom. The van der Waals surface area contributed by atoms with Crippen LogP contribution >= 0.6 is 11.3 Å². The van der Waals surface area contributed by atoms with E-state index >= 15 is 0 Å². The smallest absolute Gasteiger partial charge is 0.205 e. The summed E-state index contributed by atoms with van der Waals surface area (Å²) in [5.74, 6) is 0. The van der Waals surface area contributed by atoms with E-state index in [2.05, 4.69) is 20.5 Å². The monoisotopic (exact) mass is 235 g/mol. The van der Waals surface area contributed by atoms with Gasteiger partial charge in [0.25, 0.3) is 0 Å². The highest BCUT2D eigenvalue weighted by atomic mass is 32.1. The zero-order valence-electron chi connectivity index (χ0n) is 8.76. The minimum Gasteiger partial charge on any atom is -0.356 e. The first-order valence-electron chi connectivity index (χ1n) is 5.03. The fourth-order valence-corrected chi connectivity index (χ4v) is 1.98. The minimum absolute atomic E-state index is 0.608. The fraction of sp³-hybridized carbons (Fsp3) is 0.300. The van der Waals surface area contributed by atoms with Crippen molar-refractivity contribution < 1.29 is 0 Å². The van der Waals surface area contributed by atoms with E-state index in [1.54, 1.807) is 17.5 Å². The van der Waals surface area contributed by atoms with Crippen LogP contribution < -0.4 is 11.1 Å². The lowest BCUT2D eigenvalue weighted by molar-refractivity contribution is 0.910. The molecule has 5 nitrogen and oxygen atoms in total. The molecule has 0 saturated heterocycles. The highest BCUT2D eigenvalue weighted by Gasteiger charge is 2.02. The van der Waals surface area contributed by atoms with Gasteiger partial charge in [0.1, 0.15) is 5.01 Å². The van der Waals surface area contributed by atoms with Crippen LogP contribution in [0.3, 0.4) is 0 Å². The first kappa shape index (κ1) is 11.0. The molecule has 0 fully saturated rings. The van der Waals surface area contributed by atoms with Gasteiger partial charge < -0.3 is 11.1 Å². The largest absolute Gasteiger partial charge is 0.356 e. The SMILES string of the molecule is NCCc1nnc(NCc2cccnc2)s1. The number of nitrogens with zero attached hydrogens (tertiary/aromatic N) is 3. The van der Waals surface area contributed by atoms with E-state index in [1.165, 1.54) is 0 Å². The first-order valence-corrected chi connectivity index (χ1v) is 5.85. The van der Waals surface area contributed by atoms with E-state index in [0.717, 1.165) is 22.1 Å². The Balaban J connectivity index is 1.89. The summed E-state index contributed by atoms with van der Waals surface area (Å²) < 4.78 is 0. The summed E-state index contributed by atoms with van der Waals surface area (Å²) in [5, 5.41) is 13.1. The Hall–Kier alpha value is -1.53. The third kappa shape index (κ3) is 2.98. The minimum atomic E-state index is 0.608. The van der Waals surface area contributed by atoms with E-state index in [4.69, 9.17) is 5.73 Å². The molecule has 84 valence electrons. The molecule has 0 aliphatic carbocycles. The number of rotatable bonds is 5. The van der Waals surface area contributed by atoms with Crippen molar-refractivity contribution in [2.45, 2.75) is 13.0 Å². The molecule has 3 N–H and O–H groups in total. The lowest BCUT2D eigenvalue weighted by Crippen LogP contribution is -2.01. The summed E-state index contributed by atoms with van der Waals surface area (Å²) in [5.41, 5.74) is 6.57. The zero-order valence-corrected chi connectivity index (χ0v) is 9.57. The van der Waals surface area contributed by atoms with Crippen molar-refractivity contribution >= 4 is 16.5 Å². The van der Waals surface area contributed by atoms with Crippen LogP contribution in [0.1, 0.15) is 10.6 Å². The summed E-state index contributed by atoms with van der Waals surface area (Å²) in [7, 11) is 0. The average Bonchev–Trinajstić information content (AvgIpc) is 2.76. The summed E-state index contributed by atoms with van der Waals surface area (Å²) >= 11 is 1.54. The van der Waals surface area contributed by atoms with Gasteiger partial charge in [0, 0.05) is 25.4 Å². The maximum Gasteiger partial charge on any atom is 0.205 e. The maximum atomic E-state index is 5.45. The molecule has 0 spiro atoms. The van der Waals surface area contributed by atoms with Crippen molar-refractivity contribution in [3.05, 3.63) is 35.1 Å². The van der Waals surface area contributed by atoms with E-state index in [-0.39, 0.29) is 0 Å². The second kappa shape index (κ2) is 5.53. The van der Waals surface area contributed by atoms with Crippen LogP contribution in [-0.4, -0.2) is 21.7 Å². The number of pyridine rings is 1. The van der Waals surface area contributed by atoms with Crippen LogP contribution in [0, 0.1) is 0 Å². The van der Waals surface area contributed by atoms with Crippen LogP contribution in [0.25, 0.3) is 0 Å². The molecule has 2 aromatic rings. The lowest BCUT2D eigenvalue weighted by Gasteiger charge is -2.00. The number of aromatic nitrogens is 3. The summed E-state index contributed by atoms with van der Waals surface area (Å²) in [6.45, 7) is 1.32. The van der Waals surface area contributed by atoms with Crippen molar-refractivity contribution in [3.8, 4) is 0 Å². The van der Waals surface area contributed by atoms with Crippen molar-refractivity contribution in [3.63, 3.8) is 0 Å². The van der Waals surface area contributed by atoms with Crippen LogP contribution in [0.2, 0.25) is 0 Å². The van der Waals surface area contributed by atoms with E-state index < -0.39 is 0 Å². The van der Waals surface area contributed by atoms with Crippen LogP contribution in [0.15, 0.2) is 24.5 Å². The van der Waals surface area contributed by atoms with Gasteiger partial charge in [-0.1, -0.05) is 17.4 Å². The molecule has 0 aliphatic heterocycles. The fourth-order valence-electron chi connectivity index (χ4n) is 1.23. The van der Waals surface area contributed by atoms with Crippen LogP contribution in [-0.2, 0) is 13.0 Å². The highest BCUT2D eigenvalue weighted by molar-refractivity contribution is 7.15. The van der Waals surface area contributed by atoms with Gasteiger partial charge in [0.05, 0.1) is 0 Å². The average molecular weight is 235 g/mol. The van der Waals surface area contributed by atoms with Gasteiger partial charge in [-0.3, -0.25) is 4.98 Å². The summed E-state index contributed by atoms with van der Waals surface area (Å²) in [4.78, 5) is 4.04. The van der Waals surface area contributed by atoms with Gasteiger partial charge in [-0.15, -0.1) is 10.2 Å². The molecular formula is C10H13N5S. The number of hydrogen-bond acceptors (Lipinski definition) is 6. The molecule has 0 saturated carbocycles. The number of nitrogens with two attached hydrogens (primary N) is 1. The van der Waals surface area contributed by atoms with Crippen LogP contribution in [0.4, 0.5) is 5.13 Å². The molecule has 16 heavy (non-hydrogen) atoms. The maximum absolute atomic E-state index is 5.45. The molecule has 2 heterocycles. The molecule has 2 aromatic heterocycles. The molecular weight excluding hydrogens is 222 g/mol. The molecule has 0 unspecified atom stereocenters. The highest BCUT2D eigenvalue weighted by Crippen LogP contribution is 2.15. The predicted octanol–water partition coefficient (Wildman–Crippen LogP) is 1.05. The molecule has 0 bridgehead atoms. The lowest BCUT2D eigenvalue weighted by atomic mass is 10.3. The first-order chi connectivity index (χ1) is 7.88. The molecule has 0 amide bonds. The molecule has 0 aliphatic rings. The number of nitrogens with one attached hydrogen (secondary N) is 1. The molecule has 0 aromatic carbocycles. The van der Waals surface area contributed by atoms with Gasteiger partial charge in [0.2, 0.25) is 5.13 Å². The van der Waals surface area contributed by atoms with Gasteiger partial charge in [-0.05, 0) is 18.2 Å². The third-order valence-corrected chi connectivity index (χ3v) is 2.93. The normalized spacial score (nSPS) is 10.3. The Kier molecular flexibility index (Phi) is 3.79. The Morgan fingerprint density at radius 3 is 3.06 bits per heavy atom. The van der Waals surface area contributed by atoms with Gasteiger partial charge >= 0.3 is 0 Å². The van der Waals surface area contributed by atoms with Gasteiger partial charge in [-0.25, -0.2) is 0 Å². The summed E-state index contributed by atoms with van der Waals surface area (Å²) in [6, 6.07) is 3.93. The van der Waals surface area contributed by atoms with Crippen LogP contribution in [0.5, 0.6) is 0 Å². The van der Waals surface area contributed by atoms with Crippen molar-refractivity contribution in [1.29, 1.82) is 0 Å². The molecule has 2 rings (SSSR count).